The summed E-state index contributed by atoms with van der Waals surface area (Å²) in [4.78, 5) is 27.7. The van der Waals surface area contributed by atoms with Crippen LogP contribution >= 0.6 is 0 Å². The first-order valence-electron chi connectivity index (χ1n) is 9.21. The van der Waals surface area contributed by atoms with Gasteiger partial charge < -0.3 is 15.5 Å². The number of hydrogen-bond donors (Lipinski definition) is 2. The van der Waals surface area contributed by atoms with E-state index in [1.54, 1.807) is 0 Å². The molecule has 0 aliphatic heterocycles. The zero-order valence-electron chi connectivity index (χ0n) is 16.6. The molecule has 27 heavy (non-hydrogen) atoms. The normalized spacial score (nSPS) is 14.4. The number of nitrogens with one attached hydrogen (secondary N) is 2. The van der Waals surface area contributed by atoms with Crippen LogP contribution in [0.3, 0.4) is 0 Å². The molecule has 3 rings (SSSR count). The number of amides is 2. The van der Waals surface area contributed by atoms with Crippen molar-refractivity contribution < 1.29 is 9.59 Å². The number of carbonyl (C=O) groups excluding carboxylic acids is 2. The van der Waals surface area contributed by atoms with Gasteiger partial charge in [0.15, 0.2) is 0 Å². The molecule has 0 aromatic heterocycles. The smallest absolute Gasteiger partial charge is 0.240 e. The molecule has 0 heterocycles. The van der Waals surface area contributed by atoms with E-state index >= 15 is 0 Å². The van der Waals surface area contributed by atoms with Crippen LogP contribution in [-0.2, 0) is 9.59 Å². The van der Waals surface area contributed by atoms with Gasteiger partial charge in [-0.3, -0.25) is 9.59 Å². The maximum absolute atomic E-state index is 12.9. The minimum absolute atomic E-state index is 0.222. The third-order valence-electron chi connectivity index (χ3n) is 5.18. The van der Waals surface area contributed by atoms with Crippen LogP contribution in [0.15, 0.2) is 36.4 Å². The molecule has 1 saturated carbocycles. The summed E-state index contributed by atoms with van der Waals surface area (Å²) in [6, 6.07) is 11.7. The number of rotatable bonds is 5. The van der Waals surface area contributed by atoms with E-state index in [9.17, 15) is 9.59 Å². The molecule has 2 amide bonds. The van der Waals surface area contributed by atoms with Gasteiger partial charge in [0.05, 0.1) is 0 Å². The summed E-state index contributed by atoms with van der Waals surface area (Å²) in [6.07, 6.45) is 1.15. The second kappa shape index (κ2) is 7.06. The second-order valence-electron chi connectivity index (χ2n) is 7.71. The van der Waals surface area contributed by atoms with E-state index in [0.717, 1.165) is 28.1 Å². The third-order valence-corrected chi connectivity index (χ3v) is 5.18. The standard InChI is InChI=1S/C22H27N3O2/c1-14-12-15(2)19(16(3)13-14)24-21(27)22(10-11-22)20(26)23-17-6-8-18(9-7-17)25(4)5/h6-9,12-13H,10-11H2,1-5H3,(H,23,26)(H,24,27). The summed E-state index contributed by atoms with van der Waals surface area (Å²) in [5, 5.41) is 5.89. The molecule has 2 aromatic carbocycles. The van der Waals surface area contributed by atoms with Crippen molar-refractivity contribution in [3.05, 3.63) is 53.1 Å². The lowest BCUT2D eigenvalue weighted by Gasteiger charge is -2.19. The quantitative estimate of drug-likeness (QED) is 0.786. The summed E-state index contributed by atoms with van der Waals surface area (Å²) in [7, 11) is 3.93. The Morgan fingerprint density at radius 3 is 1.89 bits per heavy atom. The summed E-state index contributed by atoms with van der Waals surface area (Å²) in [6.45, 7) is 5.98. The average molecular weight is 365 g/mol. The molecule has 0 radical (unpaired) electrons. The van der Waals surface area contributed by atoms with E-state index in [0.29, 0.717) is 18.5 Å². The van der Waals surface area contributed by atoms with Gasteiger partial charge in [-0.15, -0.1) is 0 Å². The number of benzene rings is 2. The van der Waals surface area contributed by atoms with E-state index in [2.05, 4.69) is 10.6 Å². The molecule has 1 aliphatic carbocycles. The van der Waals surface area contributed by atoms with E-state index in [1.807, 2.05) is 76.2 Å². The minimum Gasteiger partial charge on any atom is -0.378 e. The molecule has 1 fully saturated rings. The Morgan fingerprint density at radius 2 is 1.41 bits per heavy atom. The Balaban J connectivity index is 1.72. The van der Waals surface area contributed by atoms with Gasteiger partial charge in [-0.25, -0.2) is 0 Å². The Hall–Kier alpha value is -2.82. The monoisotopic (exact) mass is 365 g/mol. The number of nitrogens with zero attached hydrogens (tertiary/aromatic N) is 1. The zero-order valence-corrected chi connectivity index (χ0v) is 16.6. The number of carbonyl (C=O) groups is 2. The minimum atomic E-state index is -0.968. The highest BCUT2D eigenvalue weighted by molar-refractivity contribution is 6.17. The lowest BCUT2D eigenvalue weighted by atomic mass is 10.0. The van der Waals surface area contributed by atoms with Crippen molar-refractivity contribution in [2.75, 3.05) is 29.6 Å². The Kier molecular flexibility index (Phi) is 4.96. The van der Waals surface area contributed by atoms with Gasteiger partial charge in [0.2, 0.25) is 11.8 Å². The summed E-state index contributed by atoms with van der Waals surface area (Å²) < 4.78 is 0. The third kappa shape index (κ3) is 3.82. The van der Waals surface area contributed by atoms with Gasteiger partial charge in [-0.05, 0) is 69.0 Å². The molecule has 0 saturated heterocycles. The topological polar surface area (TPSA) is 61.4 Å². The molecule has 2 N–H and O–H groups in total. The van der Waals surface area contributed by atoms with Crippen LogP contribution in [0.4, 0.5) is 17.1 Å². The van der Waals surface area contributed by atoms with Crippen molar-refractivity contribution in [2.45, 2.75) is 33.6 Å². The van der Waals surface area contributed by atoms with Crippen LogP contribution in [0.5, 0.6) is 0 Å². The molecular weight excluding hydrogens is 338 g/mol. The van der Waals surface area contributed by atoms with Crippen LogP contribution < -0.4 is 15.5 Å². The van der Waals surface area contributed by atoms with Crippen molar-refractivity contribution in [2.24, 2.45) is 5.41 Å². The fraction of sp³-hybridized carbons (Fsp3) is 0.364. The predicted octanol–water partition coefficient (Wildman–Crippen LogP) is 4.04. The van der Waals surface area contributed by atoms with Crippen LogP contribution in [0.1, 0.15) is 29.5 Å². The van der Waals surface area contributed by atoms with Gasteiger partial charge >= 0.3 is 0 Å². The van der Waals surface area contributed by atoms with Crippen LogP contribution in [0.25, 0.3) is 0 Å². The first-order chi connectivity index (χ1) is 12.7. The largest absolute Gasteiger partial charge is 0.378 e. The fourth-order valence-electron chi connectivity index (χ4n) is 3.39. The highest BCUT2D eigenvalue weighted by Gasteiger charge is 2.56. The Morgan fingerprint density at radius 1 is 0.889 bits per heavy atom. The summed E-state index contributed by atoms with van der Waals surface area (Å²) in [5.74, 6) is -0.458. The van der Waals surface area contributed by atoms with Gasteiger partial charge in [-0.2, -0.15) is 0 Å². The fourth-order valence-corrected chi connectivity index (χ4v) is 3.39. The van der Waals surface area contributed by atoms with E-state index in [4.69, 9.17) is 0 Å². The first-order valence-corrected chi connectivity index (χ1v) is 9.21. The average Bonchev–Trinajstić information content (AvgIpc) is 3.40. The molecule has 0 unspecified atom stereocenters. The first kappa shape index (κ1) is 19.0. The second-order valence-corrected chi connectivity index (χ2v) is 7.71. The number of anilines is 3. The van der Waals surface area contributed by atoms with Gasteiger partial charge in [-0.1, -0.05) is 17.7 Å². The van der Waals surface area contributed by atoms with Crippen molar-refractivity contribution in [3.8, 4) is 0 Å². The SMILES string of the molecule is Cc1cc(C)c(NC(=O)C2(C(=O)Nc3ccc(N(C)C)cc3)CC2)c(C)c1. The van der Waals surface area contributed by atoms with Gasteiger partial charge in [0.25, 0.3) is 0 Å². The van der Waals surface area contributed by atoms with Crippen molar-refractivity contribution in [3.63, 3.8) is 0 Å². The molecule has 0 bridgehead atoms. The maximum atomic E-state index is 12.9. The molecule has 0 spiro atoms. The molecule has 5 heteroatoms. The maximum Gasteiger partial charge on any atom is 0.240 e. The lowest BCUT2D eigenvalue weighted by molar-refractivity contribution is -0.131. The highest BCUT2D eigenvalue weighted by Crippen LogP contribution is 2.47. The van der Waals surface area contributed by atoms with Crippen molar-refractivity contribution in [1.29, 1.82) is 0 Å². The zero-order chi connectivity index (χ0) is 19.8. The highest BCUT2D eigenvalue weighted by atomic mass is 16.2. The molecular formula is C22H27N3O2. The summed E-state index contributed by atoms with van der Waals surface area (Å²) in [5.41, 5.74) is 4.77. The molecule has 142 valence electrons. The van der Waals surface area contributed by atoms with Gasteiger partial charge in [0, 0.05) is 31.2 Å². The molecule has 0 atom stereocenters. The van der Waals surface area contributed by atoms with Gasteiger partial charge in [0.1, 0.15) is 5.41 Å². The molecule has 1 aliphatic rings. The molecule has 5 nitrogen and oxygen atoms in total. The van der Waals surface area contributed by atoms with Crippen molar-refractivity contribution in [1.82, 2.24) is 0 Å². The lowest BCUT2D eigenvalue weighted by Crippen LogP contribution is -2.36. The Bertz CT molecular complexity index is 858. The molecule has 2 aromatic rings. The van der Waals surface area contributed by atoms with Crippen LogP contribution in [-0.4, -0.2) is 25.9 Å². The number of aryl methyl sites for hydroxylation is 3. The van der Waals surface area contributed by atoms with Crippen LogP contribution in [0, 0.1) is 26.2 Å². The Labute approximate surface area is 160 Å². The van der Waals surface area contributed by atoms with Crippen LogP contribution in [0.2, 0.25) is 0 Å². The number of hydrogen-bond acceptors (Lipinski definition) is 3. The summed E-state index contributed by atoms with van der Waals surface area (Å²) >= 11 is 0. The van der Waals surface area contributed by atoms with E-state index < -0.39 is 5.41 Å². The van der Waals surface area contributed by atoms with Crippen molar-refractivity contribution >= 4 is 28.9 Å². The van der Waals surface area contributed by atoms with E-state index in [-0.39, 0.29) is 11.8 Å². The van der Waals surface area contributed by atoms with E-state index in [1.165, 1.54) is 0 Å². The predicted molar refractivity (Wildman–Crippen MR) is 110 cm³/mol.